The lowest BCUT2D eigenvalue weighted by molar-refractivity contribution is -0.137. The Hall–Kier alpha value is -1.23. The van der Waals surface area contributed by atoms with Crippen molar-refractivity contribution >= 4 is 5.69 Å². The van der Waals surface area contributed by atoms with Crippen molar-refractivity contribution in [3.63, 3.8) is 0 Å². The Balaban J connectivity index is 2.27. The molecule has 2 nitrogen and oxygen atoms in total. The first kappa shape index (κ1) is 16.1. The minimum Gasteiger partial charge on any atom is -0.371 e. The van der Waals surface area contributed by atoms with Crippen LogP contribution in [0.2, 0.25) is 0 Å². The Morgan fingerprint density at radius 2 is 1.81 bits per heavy atom. The monoisotopic (exact) mass is 300 g/mol. The predicted molar refractivity (Wildman–Crippen MR) is 79.5 cm³/mol. The number of anilines is 1. The molecule has 0 atom stereocenters. The Morgan fingerprint density at radius 1 is 1.14 bits per heavy atom. The average molecular weight is 300 g/mol. The highest BCUT2D eigenvalue weighted by Crippen LogP contribution is 2.38. The average Bonchev–Trinajstić information content (AvgIpc) is 2.45. The van der Waals surface area contributed by atoms with Crippen molar-refractivity contribution < 1.29 is 13.2 Å². The molecule has 0 radical (unpaired) electrons. The van der Waals surface area contributed by atoms with E-state index in [0.29, 0.717) is 30.9 Å². The van der Waals surface area contributed by atoms with E-state index in [1.165, 1.54) is 6.07 Å². The molecule has 5 heteroatoms. The molecule has 0 bridgehead atoms. The fourth-order valence-electron chi connectivity index (χ4n) is 2.65. The number of hydrogen-bond donors (Lipinski definition) is 1. The van der Waals surface area contributed by atoms with Gasteiger partial charge < -0.3 is 10.2 Å². The highest BCUT2D eigenvalue weighted by molar-refractivity contribution is 5.56. The number of nitrogens with one attached hydrogen (secondary N) is 1. The van der Waals surface area contributed by atoms with E-state index in [4.69, 9.17) is 0 Å². The van der Waals surface area contributed by atoms with Crippen LogP contribution in [0.1, 0.15) is 44.2 Å². The van der Waals surface area contributed by atoms with E-state index >= 15 is 0 Å². The number of hydrogen-bond acceptors (Lipinski definition) is 2. The van der Waals surface area contributed by atoms with Crippen LogP contribution in [0.25, 0.3) is 0 Å². The zero-order valence-electron chi connectivity index (χ0n) is 12.6. The Morgan fingerprint density at radius 3 is 2.38 bits per heavy atom. The predicted octanol–water partition coefficient (Wildman–Crippen LogP) is 4.19. The maximum absolute atomic E-state index is 13.3. The van der Waals surface area contributed by atoms with E-state index in [9.17, 15) is 13.2 Å². The third kappa shape index (κ3) is 4.37. The van der Waals surface area contributed by atoms with Crippen LogP contribution in [0.4, 0.5) is 18.9 Å². The second-order valence-corrected chi connectivity index (χ2v) is 5.93. The van der Waals surface area contributed by atoms with Gasteiger partial charge in [0.15, 0.2) is 0 Å². The molecule has 1 aliphatic rings. The van der Waals surface area contributed by atoms with E-state index in [1.807, 2.05) is 18.7 Å². The first-order valence-corrected chi connectivity index (χ1v) is 7.56. The highest BCUT2D eigenvalue weighted by Gasteiger charge is 2.35. The third-order valence-corrected chi connectivity index (χ3v) is 3.78. The van der Waals surface area contributed by atoms with Crippen molar-refractivity contribution in [2.24, 2.45) is 0 Å². The number of alkyl halides is 3. The van der Waals surface area contributed by atoms with Gasteiger partial charge in [-0.1, -0.05) is 19.9 Å². The summed E-state index contributed by atoms with van der Waals surface area (Å²) >= 11 is 0. The summed E-state index contributed by atoms with van der Waals surface area (Å²) in [5.74, 6) is 0. The molecule has 1 aromatic carbocycles. The summed E-state index contributed by atoms with van der Waals surface area (Å²) in [6.45, 7) is 5.85. The summed E-state index contributed by atoms with van der Waals surface area (Å²) in [6.07, 6.45) is -1.27. The quantitative estimate of drug-likeness (QED) is 0.897. The van der Waals surface area contributed by atoms with Crippen LogP contribution >= 0.6 is 0 Å². The molecule has 0 aromatic heterocycles. The lowest BCUT2D eigenvalue weighted by Gasteiger charge is -2.31. The van der Waals surface area contributed by atoms with Crippen LogP contribution in [0.15, 0.2) is 18.2 Å². The first-order valence-electron chi connectivity index (χ1n) is 7.56. The smallest absolute Gasteiger partial charge is 0.371 e. The van der Waals surface area contributed by atoms with Gasteiger partial charge in [-0.3, -0.25) is 0 Å². The number of halogens is 3. The fourth-order valence-corrected chi connectivity index (χ4v) is 2.65. The van der Waals surface area contributed by atoms with E-state index in [1.54, 1.807) is 12.1 Å². The Labute approximate surface area is 124 Å². The van der Waals surface area contributed by atoms with Gasteiger partial charge in [-0.2, -0.15) is 13.2 Å². The van der Waals surface area contributed by atoms with Crippen molar-refractivity contribution in [2.75, 3.05) is 18.0 Å². The molecule has 0 unspecified atom stereocenters. The van der Waals surface area contributed by atoms with Gasteiger partial charge in [-0.15, -0.1) is 0 Å². The topological polar surface area (TPSA) is 15.3 Å². The van der Waals surface area contributed by atoms with Gasteiger partial charge in [0, 0.05) is 31.4 Å². The van der Waals surface area contributed by atoms with Crippen LogP contribution in [-0.4, -0.2) is 19.1 Å². The molecule has 0 amide bonds. The van der Waals surface area contributed by atoms with Crippen molar-refractivity contribution in [3.8, 4) is 0 Å². The minimum absolute atomic E-state index is 0.251. The molecule has 0 saturated carbocycles. The zero-order chi connectivity index (χ0) is 15.5. The minimum atomic E-state index is -4.30. The highest BCUT2D eigenvalue weighted by atomic mass is 19.4. The van der Waals surface area contributed by atoms with Gasteiger partial charge in [-0.25, -0.2) is 0 Å². The summed E-state index contributed by atoms with van der Waals surface area (Å²) in [7, 11) is 0. The lowest BCUT2D eigenvalue weighted by Crippen LogP contribution is -2.31. The molecule has 1 N–H and O–H groups in total. The van der Waals surface area contributed by atoms with Gasteiger partial charge in [0.25, 0.3) is 0 Å². The summed E-state index contributed by atoms with van der Waals surface area (Å²) < 4.78 is 40.0. The van der Waals surface area contributed by atoms with E-state index in [2.05, 4.69) is 5.32 Å². The van der Waals surface area contributed by atoms with Crippen LogP contribution in [0, 0.1) is 0 Å². The molecule has 2 rings (SSSR count). The lowest BCUT2D eigenvalue weighted by atomic mass is 10.0. The maximum Gasteiger partial charge on any atom is 0.418 e. The fraction of sp³-hybridized carbons (Fsp3) is 0.625. The number of nitrogens with zero attached hydrogens (tertiary/aromatic N) is 1. The van der Waals surface area contributed by atoms with Gasteiger partial charge in [0.1, 0.15) is 0 Å². The molecule has 21 heavy (non-hydrogen) atoms. The van der Waals surface area contributed by atoms with Gasteiger partial charge in [0.05, 0.1) is 5.56 Å². The molecule has 1 heterocycles. The van der Waals surface area contributed by atoms with Crippen molar-refractivity contribution in [1.82, 2.24) is 5.32 Å². The first-order chi connectivity index (χ1) is 9.88. The number of rotatable bonds is 4. The molecule has 1 aliphatic heterocycles. The number of benzene rings is 1. The van der Waals surface area contributed by atoms with E-state index in [-0.39, 0.29) is 6.04 Å². The second-order valence-electron chi connectivity index (χ2n) is 5.93. The van der Waals surface area contributed by atoms with Crippen molar-refractivity contribution in [3.05, 3.63) is 29.3 Å². The SMILES string of the molecule is CC(C)NCc1ccc(N2CCCCC2)c(C(F)(F)F)c1. The normalized spacial score (nSPS) is 16.6. The Bertz CT molecular complexity index is 463. The van der Waals surface area contributed by atoms with Crippen molar-refractivity contribution in [1.29, 1.82) is 0 Å². The second kappa shape index (κ2) is 6.69. The molecule has 0 aliphatic carbocycles. The molecular formula is C16H23F3N2. The number of piperidine rings is 1. The molecule has 1 fully saturated rings. The maximum atomic E-state index is 13.3. The summed E-state index contributed by atoms with van der Waals surface area (Å²) in [6, 6.07) is 4.97. The standard InChI is InChI=1S/C16H23F3N2/c1-12(2)20-11-13-6-7-15(14(10-13)16(17,18)19)21-8-4-3-5-9-21/h6-7,10,12,20H,3-5,8-9,11H2,1-2H3. The van der Waals surface area contributed by atoms with Gasteiger partial charge in [0.2, 0.25) is 0 Å². The van der Waals surface area contributed by atoms with Crippen LogP contribution in [0.5, 0.6) is 0 Å². The van der Waals surface area contributed by atoms with Gasteiger partial charge in [-0.05, 0) is 37.0 Å². The van der Waals surface area contributed by atoms with Crippen LogP contribution in [0.3, 0.4) is 0 Å². The van der Waals surface area contributed by atoms with E-state index < -0.39 is 11.7 Å². The molecule has 0 spiro atoms. The van der Waals surface area contributed by atoms with E-state index in [0.717, 1.165) is 19.3 Å². The molecule has 1 saturated heterocycles. The molecular weight excluding hydrogens is 277 g/mol. The van der Waals surface area contributed by atoms with Crippen LogP contribution in [-0.2, 0) is 12.7 Å². The third-order valence-electron chi connectivity index (χ3n) is 3.78. The zero-order valence-corrected chi connectivity index (χ0v) is 12.6. The Kier molecular flexibility index (Phi) is 5.14. The largest absolute Gasteiger partial charge is 0.418 e. The molecule has 118 valence electrons. The van der Waals surface area contributed by atoms with Gasteiger partial charge >= 0.3 is 6.18 Å². The summed E-state index contributed by atoms with van der Waals surface area (Å²) in [4.78, 5) is 1.87. The summed E-state index contributed by atoms with van der Waals surface area (Å²) in [5.41, 5.74) is 0.500. The van der Waals surface area contributed by atoms with Crippen LogP contribution < -0.4 is 10.2 Å². The molecule has 1 aromatic rings. The van der Waals surface area contributed by atoms with Crippen molar-refractivity contribution in [2.45, 2.75) is 51.9 Å². The summed E-state index contributed by atoms with van der Waals surface area (Å²) in [5, 5.41) is 3.16.